The molecular weight excluding hydrogens is 294 g/mol. The number of aromatic nitrogens is 2. The molecule has 0 saturated heterocycles. The summed E-state index contributed by atoms with van der Waals surface area (Å²) in [7, 11) is 0. The van der Waals surface area contributed by atoms with Gasteiger partial charge in [-0.05, 0) is 45.7 Å². The van der Waals surface area contributed by atoms with Crippen LogP contribution in [-0.4, -0.2) is 38.6 Å². The first-order valence-electron chi connectivity index (χ1n) is 12.2. The maximum atomic E-state index is 11.9. The number of amides is 1. The van der Waals surface area contributed by atoms with Crippen LogP contribution >= 0.6 is 0 Å². The number of hydrogen-bond donors (Lipinski definition) is 4. The number of rotatable bonds is 4. The van der Waals surface area contributed by atoms with Crippen LogP contribution in [0.25, 0.3) is 0 Å². The van der Waals surface area contributed by atoms with Crippen LogP contribution in [0.2, 0.25) is 0 Å². The van der Waals surface area contributed by atoms with Gasteiger partial charge in [-0.15, -0.1) is 0 Å². The van der Waals surface area contributed by atoms with E-state index in [0.29, 0.717) is 6.42 Å². The fourth-order valence-corrected chi connectivity index (χ4v) is 2.32. The van der Waals surface area contributed by atoms with Gasteiger partial charge in [0.25, 0.3) is 5.91 Å². The Kier molecular flexibility index (Phi) is 2.41. The number of carbonyl (C=O) groups excluding carboxylic acids is 1. The number of anilines is 2. The second kappa shape index (κ2) is 6.70. The van der Waals surface area contributed by atoms with Gasteiger partial charge in [-0.25, -0.2) is 4.98 Å². The van der Waals surface area contributed by atoms with Gasteiger partial charge in [-0.2, -0.15) is 4.98 Å². The number of nitrogens with zero attached hydrogens (tertiary/aromatic N) is 2. The third-order valence-corrected chi connectivity index (χ3v) is 3.66. The quantitative estimate of drug-likeness (QED) is 0.668. The first-order chi connectivity index (χ1) is 14.7. The van der Waals surface area contributed by atoms with E-state index in [0.717, 1.165) is 6.20 Å². The molecule has 1 saturated carbocycles. The van der Waals surface area contributed by atoms with Crippen molar-refractivity contribution in [3.63, 3.8) is 0 Å². The molecule has 1 aromatic heterocycles. The molecule has 5 N–H and O–H groups in total. The van der Waals surface area contributed by atoms with E-state index in [2.05, 4.69) is 15.3 Å². The molecule has 1 heterocycles. The van der Waals surface area contributed by atoms with Gasteiger partial charge >= 0.3 is 0 Å². The number of nitrogens with one attached hydrogen (secondary N) is 2. The van der Waals surface area contributed by atoms with E-state index in [-0.39, 0.29) is 30.1 Å². The van der Waals surface area contributed by atoms with E-state index in [1.807, 2.05) is 12.2 Å². The summed E-state index contributed by atoms with van der Waals surface area (Å²) in [4.78, 5) is 19.5. The third-order valence-electron chi connectivity index (χ3n) is 3.66. The molecule has 0 radical (unpaired) electrons. The number of aliphatic hydroxyl groups excluding tert-OH is 1. The molecule has 3 unspecified atom stereocenters. The Labute approximate surface area is 151 Å². The molecule has 1 amide bonds. The van der Waals surface area contributed by atoms with Gasteiger partial charge in [0.05, 0.1) is 13.0 Å². The van der Waals surface area contributed by atoms with E-state index in [4.69, 9.17) is 19.4 Å². The van der Waals surface area contributed by atoms with E-state index < -0.39 is 50.1 Å². The van der Waals surface area contributed by atoms with Gasteiger partial charge in [-0.1, -0.05) is 6.92 Å². The van der Waals surface area contributed by atoms with E-state index in [1.165, 1.54) is 0 Å². The number of aliphatic hydroxyl groups is 1. The lowest BCUT2D eigenvalue weighted by molar-refractivity contribution is 0.0739. The summed E-state index contributed by atoms with van der Waals surface area (Å²) < 4.78 is 77.8. The molecule has 1 aliphatic rings. The first kappa shape index (κ1) is 8.28. The molecule has 3 atom stereocenters. The van der Waals surface area contributed by atoms with Crippen molar-refractivity contribution in [1.82, 2.24) is 9.97 Å². The van der Waals surface area contributed by atoms with Crippen molar-refractivity contribution in [2.24, 2.45) is 11.7 Å². The Balaban J connectivity index is 2.57. The number of carbonyl (C=O) groups is 1. The zero-order chi connectivity index (χ0) is 25.6. The minimum absolute atomic E-state index is 0.0249. The van der Waals surface area contributed by atoms with Gasteiger partial charge in [0.1, 0.15) is 5.82 Å². The van der Waals surface area contributed by atoms with Crippen molar-refractivity contribution in [3.05, 3.63) is 11.8 Å². The SMILES string of the molecule is [2H]C1(Nc2nc(NC(C([2H])([2H])[2H])(C([2H])([2H])[2H])C([2H])([2H])[2H])ncc2C(N)=O)CCC(C)C(O)C1. The predicted octanol–water partition coefficient (Wildman–Crippen LogP) is 1.75. The highest BCUT2D eigenvalue weighted by atomic mass is 16.3. The highest BCUT2D eigenvalue weighted by molar-refractivity contribution is 5.97. The van der Waals surface area contributed by atoms with E-state index in [1.54, 1.807) is 0 Å². The number of primary amides is 1. The van der Waals surface area contributed by atoms with Crippen molar-refractivity contribution in [3.8, 4) is 0 Å². The highest BCUT2D eigenvalue weighted by Gasteiger charge is 2.27. The summed E-state index contributed by atoms with van der Waals surface area (Å²) >= 11 is 0. The van der Waals surface area contributed by atoms with Crippen LogP contribution < -0.4 is 16.4 Å². The van der Waals surface area contributed by atoms with Gasteiger partial charge in [0.2, 0.25) is 5.95 Å². The van der Waals surface area contributed by atoms with Crippen LogP contribution in [0, 0.1) is 5.92 Å². The maximum Gasteiger partial charge on any atom is 0.254 e. The molecule has 7 heteroatoms. The fraction of sp³-hybridized carbons (Fsp3) is 0.688. The molecule has 2 rings (SSSR count). The molecule has 0 bridgehead atoms. The summed E-state index contributed by atoms with van der Waals surface area (Å²) in [6.45, 7) is -8.83. The largest absolute Gasteiger partial charge is 0.393 e. The lowest BCUT2D eigenvalue weighted by Gasteiger charge is -2.32. The lowest BCUT2D eigenvalue weighted by atomic mass is 9.85. The zero-order valence-corrected chi connectivity index (χ0v) is 12.7. The summed E-state index contributed by atoms with van der Waals surface area (Å²) in [6, 6.07) is -1.48. The van der Waals surface area contributed by atoms with Crippen molar-refractivity contribution in [2.75, 3.05) is 10.6 Å². The van der Waals surface area contributed by atoms with Crippen LogP contribution in [0.5, 0.6) is 0 Å². The molecule has 1 aromatic rings. The number of hydrogen-bond acceptors (Lipinski definition) is 6. The minimum Gasteiger partial charge on any atom is -0.393 e. The van der Waals surface area contributed by atoms with E-state index in [9.17, 15) is 9.90 Å². The molecule has 23 heavy (non-hydrogen) atoms. The average molecular weight is 331 g/mol. The lowest BCUT2D eigenvalue weighted by Crippen LogP contribution is -2.36. The standard InChI is InChI=1S/C16H27N5O2/c1-9-5-6-10(7-12(9)22)19-14-11(13(17)23)8-18-15(20-14)21-16(2,3)4/h8-10,12,22H,5-7H2,1-4H3,(H2,17,23)(H2,18,19,20,21)/i2D3,3D3,4D3,10D. The van der Waals surface area contributed by atoms with Crippen molar-refractivity contribution in [1.29, 1.82) is 0 Å². The minimum atomic E-state index is -3.55. The zero-order valence-electron chi connectivity index (χ0n) is 22.7. The topological polar surface area (TPSA) is 113 Å². The monoisotopic (exact) mass is 331 g/mol. The molecule has 0 aliphatic heterocycles. The van der Waals surface area contributed by atoms with E-state index >= 15 is 0 Å². The maximum absolute atomic E-state index is 11.9. The summed E-state index contributed by atoms with van der Waals surface area (Å²) in [5, 5.41) is 14.8. The van der Waals surface area contributed by atoms with Crippen molar-refractivity contribution in [2.45, 2.75) is 64.4 Å². The summed E-state index contributed by atoms with van der Waals surface area (Å²) in [5.41, 5.74) is 1.61. The second-order valence-corrected chi connectivity index (χ2v) is 5.71. The van der Waals surface area contributed by atoms with Gasteiger partial charge in [-0.3, -0.25) is 4.79 Å². The van der Waals surface area contributed by atoms with Crippen molar-refractivity contribution < 1.29 is 23.6 Å². The third kappa shape index (κ3) is 4.79. The molecule has 1 fully saturated rings. The molecular formula is C16H27N5O2. The van der Waals surface area contributed by atoms with Crippen molar-refractivity contribution >= 4 is 17.7 Å². The summed E-state index contributed by atoms with van der Waals surface area (Å²) in [6.07, 6.45) is 0.784. The average Bonchev–Trinajstić information content (AvgIpc) is 2.59. The van der Waals surface area contributed by atoms with Crippen LogP contribution in [-0.2, 0) is 0 Å². The Bertz CT molecular complexity index is 852. The Morgan fingerprint density at radius 1 is 1.52 bits per heavy atom. The van der Waals surface area contributed by atoms with Gasteiger partial charge in [0, 0.05) is 30.1 Å². The first-order valence-corrected chi connectivity index (χ1v) is 7.15. The van der Waals surface area contributed by atoms with Crippen LogP contribution in [0.3, 0.4) is 0 Å². The molecule has 1 aliphatic carbocycles. The number of nitrogens with two attached hydrogens (primary N) is 1. The van der Waals surface area contributed by atoms with Crippen LogP contribution in [0.4, 0.5) is 11.8 Å². The summed E-state index contributed by atoms with van der Waals surface area (Å²) in [5.74, 6) is -2.08. The van der Waals surface area contributed by atoms with Crippen LogP contribution in [0.1, 0.15) is 70.8 Å². The molecule has 7 nitrogen and oxygen atoms in total. The Morgan fingerprint density at radius 2 is 2.26 bits per heavy atom. The Hall–Kier alpha value is -1.89. The van der Waals surface area contributed by atoms with Gasteiger partial charge in [0.15, 0.2) is 0 Å². The molecule has 128 valence electrons. The smallest absolute Gasteiger partial charge is 0.254 e. The van der Waals surface area contributed by atoms with Crippen LogP contribution in [0.15, 0.2) is 6.20 Å². The second-order valence-electron chi connectivity index (χ2n) is 5.71. The van der Waals surface area contributed by atoms with Gasteiger partial charge < -0.3 is 21.5 Å². The fourth-order valence-electron chi connectivity index (χ4n) is 2.32. The Morgan fingerprint density at radius 3 is 2.87 bits per heavy atom. The molecule has 0 spiro atoms. The normalized spacial score (nSPS) is 36.3. The predicted molar refractivity (Wildman–Crippen MR) is 90.4 cm³/mol. The molecule has 0 aromatic carbocycles. The highest BCUT2D eigenvalue weighted by Crippen LogP contribution is 2.27.